The molecule has 1 aromatic rings. The molecule has 1 aromatic heterocycles. The van der Waals surface area contributed by atoms with Crippen LogP contribution >= 0.6 is 15.9 Å². The first kappa shape index (κ1) is 17.7. The summed E-state index contributed by atoms with van der Waals surface area (Å²) in [4.78, 5) is 23.4. The number of aromatic carboxylic acids is 1. The first-order chi connectivity index (χ1) is 9.92. The lowest BCUT2D eigenvalue weighted by atomic mass is 10.2. The highest BCUT2D eigenvalue weighted by atomic mass is 79.9. The molecule has 0 saturated heterocycles. The Balaban J connectivity index is 3.30. The number of carboxylic acid groups (broad SMARTS) is 1. The topological polar surface area (TPSA) is 109 Å². The van der Waals surface area contributed by atoms with E-state index in [1.807, 2.05) is 6.92 Å². The molecule has 21 heavy (non-hydrogen) atoms. The fraction of sp³-hybridized carbons (Fsp3) is 0.538. The Morgan fingerprint density at radius 1 is 1.52 bits per heavy atom. The van der Waals surface area contributed by atoms with Gasteiger partial charge in [-0.15, -0.1) is 0 Å². The molecule has 0 aliphatic rings. The van der Waals surface area contributed by atoms with Gasteiger partial charge in [-0.3, -0.25) is 4.79 Å². The number of aliphatic hydroxyl groups is 2. The molecule has 1 heterocycles. The third-order valence-electron chi connectivity index (χ3n) is 2.76. The Hall–Kier alpha value is -1.38. The van der Waals surface area contributed by atoms with Crippen molar-refractivity contribution in [3.8, 4) is 5.75 Å². The van der Waals surface area contributed by atoms with Crippen LogP contribution in [0, 0.1) is 0 Å². The summed E-state index contributed by atoms with van der Waals surface area (Å²) >= 11 is 3.05. The summed E-state index contributed by atoms with van der Waals surface area (Å²) in [6, 6.07) is 0. The largest absolute Gasteiger partial charge is 0.487 e. The van der Waals surface area contributed by atoms with Crippen LogP contribution in [-0.4, -0.2) is 45.2 Å². The summed E-state index contributed by atoms with van der Waals surface area (Å²) < 4.78 is 6.62. The molecular weight excluding hydrogens is 346 g/mol. The highest BCUT2D eigenvalue weighted by Crippen LogP contribution is 2.19. The maximum absolute atomic E-state index is 12.0. The number of hydrogen-bond acceptors (Lipinski definition) is 5. The van der Waals surface area contributed by atoms with Gasteiger partial charge in [0.05, 0.1) is 30.3 Å². The van der Waals surface area contributed by atoms with Gasteiger partial charge in [0.25, 0.3) is 0 Å². The molecular formula is C13H18BrNO6. The maximum Gasteiger partial charge on any atom is 0.356 e. The van der Waals surface area contributed by atoms with Crippen molar-refractivity contribution in [3.63, 3.8) is 0 Å². The van der Waals surface area contributed by atoms with Crippen LogP contribution in [0.2, 0.25) is 0 Å². The van der Waals surface area contributed by atoms with Crippen LogP contribution in [0.3, 0.4) is 0 Å². The van der Waals surface area contributed by atoms with Crippen molar-refractivity contribution in [2.75, 3.05) is 13.2 Å². The summed E-state index contributed by atoms with van der Waals surface area (Å²) in [7, 11) is 0. The first-order valence-corrected chi connectivity index (χ1v) is 7.29. The number of aliphatic hydroxyl groups excluding tert-OH is 2. The van der Waals surface area contributed by atoms with Gasteiger partial charge in [-0.1, -0.05) is 13.3 Å². The van der Waals surface area contributed by atoms with E-state index in [2.05, 4.69) is 15.9 Å². The van der Waals surface area contributed by atoms with Crippen LogP contribution in [-0.2, 0) is 6.54 Å². The number of carboxylic acids is 1. The van der Waals surface area contributed by atoms with Gasteiger partial charge in [0, 0.05) is 6.20 Å². The second-order valence-electron chi connectivity index (χ2n) is 4.48. The van der Waals surface area contributed by atoms with E-state index < -0.39 is 24.1 Å². The molecule has 0 saturated carbocycles. The molecule has 3 N–H and O–H groups in total. The number of hydrogen-bond donors (Lipinski definition) is 3. The van der Waals surface area contributed by atoms with Crippen molar-refractivity contribution in [2.45, 2.75) is 32.4 Å². The minimum absolute atomic E-state index is 0.129. The average molecular weight is 364 g/mol. The van der Waals surface area contributed by atoms with Crippen molar-refractivity contribution in [3.05, 3.63) is 26.6 Å². The molecule has 0 amide bonds. The Morgan fingerprint density at radius 3 is 2.71 bits per heavy atom. The quantitative estimate of drug-likeness (QED) is 0.590. The Morgan fingerprint density at radius 2 is 2.19 bits per heavy atom. The molecule has 1 atom stereocenters. The van der Waals surface area contributed by atoms with Crippen LogP contribution in [0.4, 0.5) is 0 Å². The van der Waals surface area contributed by atoms with E-state index in [0.29, 0.717) is 6.42 Å². The molecule has 0 aromatic carbocycles. The van der Waals surface area contributed by atoms with Gasteiger partial charge in [-0.2, -0.15) is 0 Å². The maximum atomic E-state index is 12.0. The van der Waals surface area contributed by atoms with Crippen molar-refractivity contribution in [1.29, 1.82) is 0 Å². The van der Waals surface area contributed by atoms with Crippen LogP contribution in [0.15, 0.2) is 15.5 Å². The van der Waals surface area contributed by atoms with Crippen molar-refractivity contribution < 1.29 is 24.9 Å². The minimum atomic E-state index is -1.34. The zero-order chi connectivity index (χ0) is 16.0. The number of halogens is 1. The lowest BCUT2D eigenvalue weighted by Gasteiger charge is -2.17. The number of nitrogens with zero attached hydrogens (tertiary/aromatic N) is 1. The lowest BCUT2D eigenvalue weighted by molar-refractivity contribution is 0.0643. The molecule has 0 aliphatic heterocycles. The van der Waals surface area contributed by atoms with Gasteiger partial charge < -0.3 is 24.6 Å². The SMILES string of the molecule is CCCCOc1c(C(=O)O)n(CC(O)CO)cc(Br)c1=O. The zero-order valence-corrected chi connectivity index (χ0v) is 13.2. The predicted molar refractivity (Wildman–Crippen MR) is 78.9 cm³/mol. The molecule has 0 bridgehead atoms. The van der Waals surface area contributed by atoms with Crippen LogP contribution in [0.25, 0.3) is 0 Å². The predicted octanol–water partition coefficient (Wildman–Crippen LogP) is 0.841. The fourth-order valence-electron chi connectivity index (χ4n) is 1.71. The summed E-state index contributed by atoms with van der Waals surface area (Å²) in [5.74, 6) is -1.60. The van der Waals surface area contributed by atoms with Gasteiger partial charge >= 0.3 is 5.97 Å². The summed E-state index contributed by atoms with van der Waals surface area (Å²) in [5, 5.41) is 27.7. The standard InChI is InChI=1S/C13H18BrNO6/c1-2-3-4-21-12-10(13(19)20)15(5-8(17)7-16)6-9(14)11(12)18/h6,8,16-17H,2-5,7H2,1H3,(H,19,20). The van der Waals surface area contributed by atoms with Crippen molar-refractivity contribution in [1.82, 2.24) is 4.57 Å². The highest BCUT2D eigenvalue weighted by molar-refractivity contribution is 9.10. The molecule has 0 spiro atoms. The third-order valence-corrected chi connectivity index (χ3v) is 3.32. The second-order valence-corrected chi connectivity index (χ2v) is 5.33. The highest BCUT2D eigenvalue weighted by Gasteiger charge is 2.22. The zero-order valence-electron chi connectivity index (χ0n) is 11.6. The van der Waals surface area contributed by atoms with Crippen LogP contribution in [0.5, 0.6) is 5.75 Å². The number of rotatable bonds is 8. The van der Waals surface area contributed by atoms with Crippen LogP contribution < -0.4 is 10.2 Å². The van der Waals surface area contributed by atoms with E-state index >= 15 is 0 Å². The summed E-state index contributed by atoms with van der Waals surface area (Å²) in [6.45, 7) is 1.49. The Kier molecular flexibility index (Phi) is 6.86. The summed E-state index contributed by atoms with van der Waals surface area (Å²) in [5.41, 5.74) is -0.898. The van der Waals surface area contributed by atoms with E-state index in [1.165, 1.54) is 10.8 Å². The van der Waals surface area contributed by atoms with Crippen molar-refractivity contribution >= 4 is 21.9 Å². The summed E-state index contributed by atoms with van der Waals surface area (Å²) in [6.07, 6.45) is 1.65. The van der Waals surface area contributed by atoms with E-state index in [4.69, 9.17) is 9.84 Å². The Labute approximate surface area is 129 Å². The molecule has 7 nitrogen and oxygen atoms in total. The second kappa shape index (κ2) is 8.16. The van der Waals surface area contributed by atoms with E-state index in [-0.39, 0.29) is 29.1 Å². The first-order valence-electron chi connectivity index (χ1n) is 6.50. The van der Waals surface area contributed by atoms with E-state index in [0.717, 1.165) is 6.42 Å². The Bertz CT molecular complexity index is 556. The molecule has 1 rings (SSSR count). The number of pyridine rings is 1. The van der Waals surface area contributed by atoms with Crippen molar-refractivity contribution in [2.24, 2.45) is 0 Å². The molecule has 1 unspecified atom stereocenters. The fourth-order valence-corrected chi connectivity index (χ4v) is 2.13. The third kappa shape index (κ3) is 4.55. The molecule has 0 fully saturated rings. The molecule has 0 radical (unpaired) electrons. The average Bonchev–Trinajstić information content (AvgIpc) is 2.43. The van der Waals surface area contributed by atoms with Crippen LogP contribution in [0.1, 0.15) is 30.3 Å². The van der Waals surface area contributed by atoms with E-state index in [9.17, 15) is 19.8 Å². The molecule has 118 valence electrons. The van der Waals surface area contributed by atoms with Gasteiger partial charge in [-0.25, -0.2) is 4.79 Å². The monoisotopic (exact) mass is 363 g/mol. The number of ether oxygens (including phenoxy) is 1. The normalized spacial score (nSPS) is 12.2. The number of aromatic nitrogens is 1. The number of carbonyl (C=O) groups is 1. The van der Waals surface area contributed by atoms with Gasteiger partial charge in [-0.05, 0) is 22.4 Å². The van der Waals surface area contributed by atoms with Gasteiger partial charge in [0.15, 0.2) is 11.4 Å². The molecule has 8 heteroatoms. The van der Waals surface area contributed by atoms with Gasteiger partial charge in [0.2, 0.25) is 5.43 Å². The minimum Gasteiger partial charge on any atom is -0.487 e. The smallest absolute Gasteiger partial charge is 0.356 e. The van der Waals surface area contributed by atoms with Gasteiger partial charge in [0.1, 0.15) is 0 Å². The lowest BCUT2D eigenvalue weighted by Crippen LogP contribution is -2.27. The number of unbranched alkanes of at least 4 members (excludes halogenated alkanes) is 1. The van der Waals surface area contributed by atoms with E-state index in [1.54, 1.807) is 0 Å². The molecule has 0 aliphatic carbocycles.